The van der Waals surface area contributed by atoms with E-state index in [1.807, 2.05) is 49.4 Å². The summed E-state index contributed by atoms with van der Waals surface area (Å²) in [7, 11) is 0. The molecule has 31 heavy (non-hydrogen) atoms. The zero-order valence-corrected chi connectivity index (χ0v) is 17.0. The van der Waals surface area contributed by atoms with Gasteiger partial charge in [-0.1, -0.05) is 48.0 Å². The number of anilines is 2. The smallest absolute Gasteiger partial charge is 0.251 e. The maximum atomic E-state index is 13.0. The fraction of sp³-hybridized carbons (Fsp3) is 0.0800. The van der Waals surface area contributed by atoms with E-state index >= 15 is 0 Å². The number of rotatable bonds is 6. The number of benzene rings is 3. The van der Waals surface area contributed by atoms with Gasteiger partial charge in [0.1, 0.15) is 5.82 Å². The molecule has 0 saturated heterocycles. The van der Waals surface area contributed by atoms with Crippen molar-refractivity contribution in [1.82, 2.24) is 15.5 Å². The van der Waals surface area contributed by atoms with E-state index in [9.17, 15) is 9.18 Å². The van der Waals surface area contributed by atoms with Crippen LogP contribution in [-0.2, 0) is 6.54 Å². The lowest BCUT2D eigenvalue weighted by Crippen LogP contribution is -2.22. The van der Waals surface area contributed by atoms with E-state index in [-0.39, 0.29) is 11.7 Å². The molecule has 0 radical (unpaired) electrons. The van der Waals surface area contributed by atoms with Gasteiger partial charge in [-0.3, -0.25) is 4.79 Å². The Kier molecular flexibility index (Phi) is 5.98. The third-order valence-electron chi connectivity index (χ3n) is 4.78. The van der Waals surface area contributed by atoms with Crippen molar-refractivity contribution >= 4 is 17.4 Å². The number of nitrogens with zero attached hydrogens (tertiary/aromatic N) is 2. The Morgan fingerprint density at radius 1 is 0.903 bits per heavy atom. The summed E-state index contributed by atoms with van der Waals surface area (Å²) in [6.07, 6.45) is 0. The minimum Gasteiger partial charge on any atom is -0.348 e. The third kappa shape index (κ3) is 5.30. The highest BCUT2D eigenvalue weighted by Crippen LogP contribution is 2.20. The second-order valence-corrected chi connectivity index (χ2v) is 7.18. The van der Waals surface area contributed by atoms with Gasteiger partial charge in [0.2, 0.25) is 0 Å². The predicted molar refractivity (Wildman–Crippen MR) is 119 cm³/mol. The average molecular weight is 412 g/mol. The number of carbonyl (C=O) groups excluding carboxylic acids is 1. The summed E-state index contributed by atoms with van der Waals surface area (Å²) in [6.45, 7) is 2.36. The van der Waals surface area contributed by atoms with Gasteiger partial charge in [0.05, 0.1) is 5.69 Å². The van der Waals surface area contributed by atoms with Gasteiger partial charge in [0.15, 0.2) is 5.82 Å². The Hall–Kier alpha value is -4.06. The quantitative estimate of drug-likeness (QED) is 0.453. The molecule has 154 valence electrons. The van der Waals surface area contributed by atoms with E-state index < -0.39 is 0 Å². The lowest BCUT2D eigenvalue weighted by molar-refractivity contribution is 0.0951. The van der Waals surface area contributed by atoms with Gasteiger partial charge >= 0.3 is 0 Å². The van der Waals surface area contributed by atoms with Gasteiger partial charge in [0, 0.05) is 23.4 Å². The van der Waals surface area contributed by atoms with Crippen LogP contribution in [0.1, 0.15) is 21.5 Å². The summed E-state index contributed by atoms with van der Waals surface area (Å²) in [6, 6.07) is 25.0. The number of aryl methyl sites for hydroxylation is 1. The molecule has 0 unspecified atom stereocenters. The van der Waals surface area contributed by atoms with Gasteiger partial charge in [-0.15, -0.1) is 10.2 Å². The van der Waals surface area contributed by atoms with Crippen molar-refractivity contribution in [3.05, 3.63) is 107 Å². The molecule has 0 aliphatic carbocycles. The maximum absolute atomic E-state index is 13.0. The summed E-state index contributed by atoms with van der Waals surface area (Å²) in [5, 5.41) is 14.5. The van der Waals surface area contributed by atoms with Crippen LogP contribution in [0.4, 0.5) is 15.9 Å². The molecule has 2 N–H and O–H groups in total. The minimum atomic E-state index is -0.302. The molecule has 1 aromatic heterocycles. The zero-order chi connectivity index (χ0) is 21.6. The molecule has 6 heteroatoms. The first kappa shape index (κ1) is 20.2. The molecule has 1 amide bonds. The Balaban J connectivity index is 1.40. The molecule has 5 nitrogen and oxygen atoms in total. The second kappa shape index (κ2) is 9.17. The van der Waals surface area contributed by atoms with Crippen LogP contribution in [0.15, 0.2) is 84.9 Å². The van der Waals surface area contributed by atoms with E-state index in [0.29, 0.717) is 17.9 Å². The highest BCUT2D eigenvalue weighted by atomic mass is 19.1. The molecular weight excluding hydrogens is 391 g/mol. The highest BCUT2D eigenvalue weighted by Gasteiger charge is 2.07. The van der Waals surface area contributed by atoms with Crippen LogP contribution in [0, 0.1) is 12.7 Å². The first-order valence-electron chi connectivity index (χ1n) is 9.87. The number of hydrogen-bond acceptors (Lipinski definition) is 4. The van der Waals surface area contributed by atoms with Crippen molar-refractivity contribution in [2.75, 3.05) is 5.32 Å². The van der Waals surface area contributed by atoms with Crippen LogP contribution in [0.3, 0.4) is 0 Å². The lowest BCUT2D eigenvalue weighted by atomic mass is 10.1. The highest BCUT2D eigenvalue weighted by molar-refractivity contribution is 5.95. The van der Waals surface area contributed by atoms with Gasteiger partial charge < -0.3 is 10.6 Å². The van der Waals surface area contributed by atoms with Crippen molar-refractivity contribution < 1.29 is 9.18 Å². The first-order chi connectivity index (χ1) is 15.1. The van der Waals surface area contributed by atoms with Crippen molar-refractivity contribution in [3.8, 4) is 11.3 Å². The SMILES string of the molecule is Cc1ccc(-c2ccc(Nc3cccc(C(=O)NCc4ccc(F)cc4)c3)nn2)cc1. The average Bonchev–Trinajstić information content (AvgIpc) is 2.80. The van der Waals surface area contributed by atoms with Crippen LogP contribution >= 0.6 is 0 Å². The Morgan fingerprint density at radius 3 is 2.39 bits per heavy atom. The molecule has 0 spiro atoms. The fourth-order valence-corrected chi connectivity index (χ4v) is 3.05. The Bertz CT molecular complexity index is 1170. The van der Waals surface area contributed by atoms with Crippen LogP contribution in [0.25, 0.3) is 11.3 Å². The number of halogens is 1. The lowest BCUT2D eigenvalue weighted by Gasteiger charge is -2.09. The summed E-state index contributed by atoms with van der Waals surface area (Å²) < 4.78 is 13.0. The molecule has 3 aromatic carbocycles. The van der Waals surface area contributed by atoms with Crippen LogP contribution in [-0.4, -0.2) is 16.1 Å². The summed E-state index contributed by atoms with van der Waals surface area (Å²) in [4.78, 5) is 12.5. The number of aromatic nitrogens is 2. The fourth-order valence-electron chi connectivity index (χ4n) is 3.05. The molecule has 1 heterocycles. The maximum Gasteiger partial charge on any atom is 0.251 e. The van der Waals surface area contributed by atoms with E-state index in [1.165, 1.54) is 17.7 Å². The molecule has 0 bridgehead atoms. The molecule has 0 aliphatic rings. The minimum absolute atomic E-state index is 0.214. The van der Waals surface area contributed by atoms with Crippen LogP contribution < -0.4 is 10.6 Å². The monoisotopic (exact) mass is 412 g/mol. The van der Waals surface area contributed by atoms with E-state index in [0.717, 1.165) is 22.5 Å². The Labute approximate surface area is 180 Å². The molecular formula is C25H21FN4O. The van der Waals surface area contributed by atoms with Crippen molar-refractivity contribution in [3.63, 3.8) is 0 Å². The summed E-state index contributed by atoms with van der Waals surface area (Å²) >= 11 is 0. The largest absolute Gasteiger partial charge is 0.348 e. The van der Waals surface area contributed by atoms with Crippen molar-refractivity contribution in [1.29, 1.82) is 0 Å². The van der Waals surface area contributed by atoms with Crippen molar-refractivity contribution in [2.24, 2.45) is 0 Å². The van der Waals surface area contributed by atoms with E-state index in [4.69, 9.17) is 0 Å². The molecule has 0 fully saturated rings. The molecule has 0 saturated carbocycles. The standard InChI is InChI=1S/C25H21FN4O/c1-17-5-9-19(10-6-17)23-13-14-24(30-29-23)28-22-4-2-3-20(15-22)25(31)27-16-18-7-11-21(26)12-8-18/h2-15H,16H2,1H3,(H,27,31)(H,28,30). The zero-order valence-electron chi connectivity index (χ0n) is 17.0. The van der Waals surface area contributed by atoms with E-state index in [2.05, 4.69) is 20.8 Å². The Morgan fingerprint density at radius 2 is 1.68 bits per heavy atom. The second-order valence-electron chi connectivity index (χ2n) is 7.18. The first-order valence-corrected chi connectivity index (χ1v) is 9.87. The topological polar surface area (TPSA) is 66.9 Å². The van der Waals surface area contributed by atoms with Crippen LogP contribution in [0.5, 0.6) is 0 Å². The molecule has 4 rings (SSSR count). The van der Waals surface area contributed by atoms with Crippen molar-refractivity contribution in [2.45, 2.75) is 13.5 Å². The van der Waals surface area contributed by atoms with Gasteiger partial charge in [-0.05, 0) is 55.0 Å². The summed E-state index contributed by atoms with van der Waals surface area (Å²) in [5.41, 5.74) is 5.05. The molecule has 0 aliphatic heterocycles. The predicted octanol–water partition coefficient (Wildman–Crippen LogP) is 5.26. The third-order valence-corrected chi connectivity index (χ3v) is 4.78. The molecule has 0 atom stereocenters. The molecule has 4 aromatic rings. The number of amides is 1. The van der Waals surface area contributed by atoms with E-state index in [1.54, 1.807) is 30.3 Å². The van der Waals surface area contributed by atoms with Gasteiger partial charge in [-0.2, -0.15) is 0 Å². The number of carbonyl (C=O) groups is 1. The number of hydrogen-bond donors (Lipinski definition) is 2. The van der Waals surface area contributed by atoms with Gasteiger partial charge in [0.25, 0.3) is 5.91 Å². The van der Waals surface area contributed by atoms with Crippen LogP contribution in [0.2, 0.25) is 0 Å². The number of nitrogens with one attached hydrogen (secondary N) is 2. The normalized spacial score (nSPS) is 10.5. The summed E-state index contributed by atoms with van der Waals surface area (Å²) in [5.74, 6) is 0.0670. The van der Waals surface area contributed by atoms with Gasteiger partial charge in [-0.25, -0.2) is 4.39 Å².